The highest BCUT2D eigenvalue weighted by atomic mass is 14.9. The minimum Gasteiger partial charge on any atom is -0.306 e. The molecule has 0 saturated carbocycles. The van der Waals surface area contributed by atoms with E-state index in [4.69, 9.17) is 0 Å². The predicted octanol–water partition coefficient (Wildman–Crippen LogP) is 4.03. The number of fused-ring (bicyclic) bond motifs is 1. The molecule has 0 saturated heterocycles. The van der Waals surface area contributed by atoms with Gasteiger partial charge in [-0.05, 0) is 48.4 Å². The molecule has 0 aliphatic heterocycles. The molecule has 2 aromatic carbocycles. The molecule has 1 nitrogen and oxygen atoms in total. The normalized spacial score (nSPS) is 15.2. The van der Waals surface area contributed by atoms with Crippen LogP contribution in [0, 0.1) is 0 Å². The van der Waals surface area contributed by atoms with Crippen molar-refractivity contribution in [2.75, 3.05) is 0 Å². The summed E-state index contributed by atoms with van der Waals surface area (Å²) in [5.41, 5.74) is 5.87. The molecular weight excluding hydrogens is 230 g/mol. The number of hydrogen-bond donors (Lipinski definition) is 1. The summed E-state index contributed by atoms with van der Waals surface area (Å²) in [6.07, 6.45) is 3.85. The fourth-order valence-electron chi connectivity index (χ4n) is 2.87. The molecule has 1 N–H and O–H groups in total. The van der Waals surface area contributed by atoms with Gasteiger partial charge in [0.15, 0.2) is 0 Å². The average molecular weight is 251 g/mol. The smallest absolute Gasteiger partial charge is 0.0294 e. The van der Waals surface area contributed by atoms with Gasteiger partial charge in [-0.25, -0.2) is 0 Å². The van der Waals surface area contributed by atoms with Crippen molar-refractivity contribution in [2.24, 2.45) is 0 Å². The fourth-order valence-corrected chi connectivity index (χ4v) is 2.87. The Morgan fingerprint density at radius 3 is 2.63 bits per heavy atom. The molecule has 0 bridgehead atoms. The summed E-state index contributed by atoms with van der Waals surface area (Å²) in [5.74, 6) is 0. The van der Waals surface area contributed by atoms with E-state index in [1.165, 1.54) is 30.4 Å². The number of benzene rings is 2. The van der Waals surface area contributed by atoms with Gasteiger partial charge in [-0.3, -0.25) is 0 Å². The lowest BCUT2D eigenvalue weighted by atomic mass is 10.1. The van der Waals surface area contributed by atoms with Crippen molar-refractivity contribution >= 4 is 0 Å². The third-order valence-electron chi connectivity index (χ3n) is 4.07. The van der Waals surface area contributed by atoms with Gasteiger partial charge >= 0.3 is 0 Å². The molecular formula is C18H21N. The van der Waals surface area contributed by atoms with Crippen LogP contribution < -0.4 is 5.32 Å². The number of nitrogens with one attached hydrogen (secondary N) is 1. The van der Waals surface area contributed by atoms with E-state index in [1.807, 2.05) is 0 Å². The van der Waals surface area contributed by atoms with Gasteiger partial charge in [0, 0.05) is 12.6 Å². The molecule has 98 valence electrons. The Balaban J connectivity index is 1.63. The van der Waals surface area contributed by atoms with Gasteiger partial charge in [-0.1, -0.05) is 48.5 Å². The molecule has 3 rings (SSSR count). The third kappa shape index (κ3) is 2.87. The maximum Gasteiger partial charge on any atom is 0.0294 e. The molecule has 0 aromatic heterocycles. The van der Waals surface area contributed by atoms with Gasteiger partial charge in [0.05, 0.1) is 0 Å². The van der Waals surface area contributed by atoms with E-state index in [9.17, 15) is 0 Å². The zero-order valence-electron chi connectivity index (χ0n) is 11.5. The van der Waals surface area contributed by atoms with Gasteiger partial charge in [-0.2, -0.15) is 0 Å². The quantitative estimate of drug-likeness (QED) is 0.865. The zero-order chi connectivity index (χ0) is 13.1. The van der Waals surface area contributed by atoms with Crippen molar-refractivity contribution < 1.29 is 0 Å². The first-order valence-electron chi connectivity index (χ1n) is 7.22. The Bertz CT molecular complexity index is 545. The van der Waals surface area contributed by atoms with Crippen molar-refractivity contribution in [1.82, 2.24) is 5.32 Å². The van der Waals surface area contributed by atoms with E-state index < -0.39 is 0 Å². The first-order chi connectivity index (χ1) is 9.33. The summed E-state index contributed by atoms with van der Waals surface area (Å²) in [6.45, 7) is 3.17. The maximum atomic E-state index is 3.61. The molecule has 0 fully saturated rings. The zero-order valence-corrected chi connectivity index (χ0v) is 11.5. The number of aryl methyl sites for hydroxylation is 2. The molecule has 0 amide bonds. The topological polar surface area (TPSA) is 12.0 Å². The standard InChI is InChI=1S/C18H21N/c1-14(16-6-3-2-4-7-16)19-13-15-10-11-17-8-5-9-18(17)12-15/h2-4,6-7,10-12,14,19H,5,8-9,13H2,1H3/t14-/m1/s1. The number of rotatable bonds is 4. The summed E-state index contributed by atoms with van der Waals surface area (Å²) in [4.78, 5) is 0. The van der Waals surface area contributed by atoms with E-state index in [2.05, 4.69) is 60.8 Å². The summed E-state index contributed by atoms with van der Waals surface area (Å²) in [7, 11) is 0. The van der Waals surface area contributed by atoms with Crippen LogP contribution >= 0.6 is 0 Å². The third-order valence-corrected chi connectivity index (χ3v) is 4.07. The Morgan fingerprint density at radius 1 is 1.00 bits per heavy atom. The van der Waals surface area contributed by atoms with E-state index in [1.54, 1.807) is 11.1 Å². The molecule has 1 atom stereocenters. The summed E-state index contributed by atoms with van der Waals surface area (Å²) in [5, 5.41) is 3.61. The molecule has 1 aliphatic carbocycles. The van der Waals surface area contributed by atoms with Crippen molar-refractivity contribution in [2.45, 2.75) is 38.8 Å². The van der Waals surface area contributed by atoms with Crippen molar-refractivity contribution in [3.63, 3.8) is 0 Å². The van der Waals surface area contributed by atoms with E-state index >= 15 is 0 Å². The minimum atomic E-state index is 0.398. The highest BCUT2D eigenvalue weighted by Crippen LogP contribution is 2.23. The van der Waals surface area contributed by atoms with Gasteiger partial charge < -0.3 is 5.32 Å². The van der Waals surface area contributed by atoms with E-state index in [0.29, 0.717) is 6.04 Å². The average Bonchev–Trinajstić information content (AvgIpc) is 2.93. The Labute approximate surface area is 115 Å². The molecule has 2 aromatic rings. The van der Waals surface area contributed by atoms with E-state index in [-0.39, 0.29) is 0 Å². The SMILES string of the molecule is C[C@@H](NCc1ccc2c(c1)CCC2)c1ccccc1. The molecule has 0 spiro atoms. The highest BCUT2D eigenvalue weighted by molar-refractivity contribution is 5.35. The van der Waals surface area contributed by atoms with Gasteiger partial charge in [0.2, 0.25) is 0 Å². The predicted molar refractivity (Wildman–Crippen MR) is 80.2 cm³/mol. The monoisotopic (exact) mass is 251 g/mol. The van der Waals surface area contributed by atoms with Gasteiger partial charge in [-0.15, -0.1) is 0 Å². The van der Waals surface area contributed by atoms with Crippen molar-refractivity contribution in [3.8, 4) is 0 Å². The van der Waals surface area contributed by atoms with Crippen LogP contribution in [-0.2, 0) is 19.4 Å². The van der Waals surface area contributed by atoms with Crippen LogP contribution in [0.4, 0.5) is 0 Å². The first-order valence-corrected chi connectivity index (χ1v) is 7.22. The summed E-state index contributed by atoms with van der Waals surface area (Å²) >= 11 is 0. The molecule has 0 heterocycles. The van der Waals surface area contributed by atoms with Crippen LogP contribution in [-0.4, -0.2) is 0 Å². The second kappa shape index (κ2) is 5.58. The van der Waals surface area contributed by atoms with Crippen LogP contribution in [0.25, 0.3) is 0 Å². The second-order valence-electron chi connectivity index (χ2n) is 5.47. The minimum absolute atomic E-state index is 0.398. The number of hydrogen-bond acceptors (Lipinski definition) is 1. The van der Waals surface area contributed by atoms with Crippen molar-refractivity contribution in [1.29, 1.82) is 0 Å². The molecule has 1 aliphatic rings. The van der Waals surface area contributed by atoms with Crippen molar-refractivity contribution in [3.05, 3.63) is 70.8 Å². The summed E-state index contributed by atoms with van der Waals surface area (Å²) < 4.78 is 0. The molecule has 0 unspecified atom stereocenters. The Morgan fingerprint density at radius 2 is 1.79 bits per heavy atom. The highest BCUT2D eigenvalue weighted by Gasteiger charge is 2.11. The lowest BCUT2D eigenvalue weighted by Gasteiger charge is -2.14. The van der Waals surface area contributed by atoms with Crippen LogP contribution in [0.3, 0.4) is 0 Å². The molecule has 19 heavy (non-hydrogen) atoms. The van der Waals surface area contributed by atoms with Gasteiger partial charge in [0.1, 0.15) is 0 Å². The first kappa shape index (κ1) is 12.4. The van der Waals surface area contributed by atoms with Crippen LogP contribution in [0.1, 0.15) is 41.6 Å². The second-order valence-corrected chi connectivity index (χ2v) is 5.47. The Kier molecular flexibility index (Phi) is 3.65. The van der Waals surface area contributed by atoms with Crippen LogP contribution in [0.2, 0.25) is 0 Å². The maximum absolute atomic E-state index is 3.61. The van der Waals surface area contributed by atoms with Crippen LogP contribution in [0.5, 0.6) is 0 Å². The largest absolute Gasteiger partial charge is 0.306 e. The fraction of sp³-hybridized carbons (Fsp3) is 0.333. The molecule has 0 radical (unpaired) electrons. The summed E-state index contributed by atoms with van der Waals surface area (Å²) in [6, 6.07) is 18.0. The Hall–Kier alpha value is -1.60. The van der Waals surface area contributed by atoms with Crippen LogP contribution in [0.15, 0.2) is 48.5 Å². The molecule has 1 heteroatoms. The lowest BCUT2D eigenvalue weighted by Crippen LogP contribution is -2.18. The van der Waals surface area contributed by atoms with Gasteiger partial charge in [0.25, 0.3) is 0 Å². The van der Waals surface area contributed by atoms with E-state index in [0.717, 1.165) is 6.54 Å². The lowest BCUT2D eigenvalue weighted by molar-refractivity contribution is 0.574.